The third-order valence-corrected chi connectivity index (χ3v) is 11.0. The zero-order valence-electron chi connectivity index (χ0n) is 25.9. The first-order chi connectivity index (χ1) is 23.7. The highest BCUT2D eigenvalue weighted by molar-refractivity contribution is 7.68. The Morgan fingerprint density at radius 2 is 1.58 bits per heavy atom. The Morgan fingerprint density at radius 1 is 0.880 bits per heavy atom. The van der Waals surface area contributed by atoms with E-state index in [2.05, 4.69) is 13.6 Å². The first-order valence-corrected chi connectivity index (χ1v) is 19.1. The van der Waals surface area contributed by atoms with E-state index < -0.39 is 66.4 Å². The molecule has 7 atom stereocenters. The van der Waals surface area contributed by atoms with Gasteiger partial charge >= 0.3 is 29.1 Å². The van der Waals surface area contributed by atoms with Crippen LogP contribution in [0.15, 0.2) is 102 Å². The van der Waals surface area contributed by atoms with Gasteiger partial charge in [0.05, 0.1) is 12.7 Å². The second kappa shape index (κ2) is 16.2. The van der Waals surface area contributed by atoms with Gasteiger partial charge in [-0.25, -0.2) is 27.4 Å². The molecule has 1 aliphatic heterocycles. The molecule has 1 fully saturated rings. The first kappa shape index (κ1) is 37.7. The predicted molar refractivity (Wildman–Crippen MR) is 172 cm³/mol. The van der Waals surface area contributed by atoms with Crippen molar-refractivity contribution in [3.05, 3.63) is 125 Å². The fraction of sp³-hybridized carbons (Fsp3) is 0.241. The monoisotopic (exact) mass is 757 g/mol. The molecular formula is C29H31FN3O14P3. The molecule has 4 aromatic rings. The van der Waals surface area contributed by atoms with Crippen LogP contribution in [0.25, 0.3) is 0 Å². The summed E-state index contributed by atoms with van der Waals surface area (Å²) in [4.78, 5) is 47.2. The molecule has 0 amide bonds. The minimum atomic E-state index is -5.73. The summed E-state index contributed by atoms with van der Waals surface area (Å²) < 4.78 is 89.1. The molecule has 17 nitrogen and oxygen atoms in total. The number of anilines is 1. The van der Waals surface area contributed by atoms with Crippen LogP contribution in [-0.4, -0.2) is 43.0 Å². The molecular weight excluding hydrogens is 726 g/mol. The zero-order valence-corrected chi connectivity index (χ0v) is 28.6. The van der Waals surface area contributed by atoms with Crippen LogP contribution in [0.5, 0.6) is 5.88 Å². The molecule has 0 radical (unpaired) electrons. The van der Waals surface area contributed by atoms with Gasteiger partial charge in [-0.05, 0) is 36.8 Å². The van der Waals surface area contributed by atoms with Crippen LogP contribution in [-0.2, 0) is 47.7 Å². The lowest BCUT2D eigenvalue weighted by Gasteiger charge is -2.25. The summed E-state index contributed by atoms with van der Waals surface area (Å²) in [6.07, 6.45) is -4.20. The van der Waals surface area contributed by atoms with Gasteiger partial charge in [-0.3, -0.25) is 9.61 Å². The van der Waals surface area contributed by atoms with Crippen molar-refractivity contribution < 1.29 is 64.9 Å². The van der Waals surface area contributed by atoms with Crippen molar-refractivity contribution in [3.8, 4) is 5.88 Å². The lowest BCUT2D eigenvalue weighted by atomic mass is 10.2. The molecule has 5 rings (SSSR count). The lowest BCUT2D eigenvalue weighted by molar-refractivity contribution is -0.255. The maximum Gasteiger partial charge on any atom is 0.489 e. The van der Waals surface area contributed by atoms with Crippen LogP contribution in [0.4, 0.5) is 10.1 Å². The molecule has 0 saturated carbocycles. The van der Waals surface area contributed by atoms with Crippen molar-refractivity contribution in [3.63, 3.8) is 0 Å². The van der Waals surface area contributed by atoms with Gasteiger partial charge in [0.15, 0.2) is 6.29 Å². The Kier molecular flexibility index (Phi) is 12.2. The summed E-state index contributed by atoms with van der Waals surface area (Å²) in [5.74, 6) is -0.640. The number of benzene rings is 3. The van der Waals surface area contributed by atoms with Gasteiger partial charge in [0.1, 0.15) is 18.5 Å². The third kappa shape index (κ3) is 10.9. The van der Waals surface area contributed by atoms with Crippen LogP contribution >= 0.6 is 23.4 Å². The number of phosphoric ester groups is 1. The van der Waals surface area contributed by atoms with E-state index in [4.69, 9.17) is 23.5 Å². The van der Waals surface area contributed by atoms with Gasteiger partial charge in [0, 0.05) is 23.5 Å². The zero-order chi connectivity index (χ0) is 35.9. The number of phosphoric acid groups is 2. The Balaban J connectivity index is 1.30. The number of halogens is 1. The van der Waals surface area contributed by atoms with Gasteiger partial charge in [0.25, 0.3) is 6.41 Å². The average Bonchev–Trinajstić information content (AvgIpc) is 3.21. The van der Waals surface area contributed by atoms with Crippen molar-refractivity contribution in [2.75, 3.05) is 11.7 Å². The quantitative estimate of drug-likeness (QED) is 0.118. The van der Waals surface area contributed by atoms with E-state index >= 15 is 0 Å². The molecule has 4 unspecified atom stereocenters. The summed E-state index contributed by atoms with van der Waals surface area (Å²) in [7, 11) is -16.4. The number of para-hydroxylation sites is 1. The molecule has 2 heterocycles. The van der Waals surface area contributed by atoms with Crippen LogP contribution in [0.2, 0.25) is 0 Å². The van der Waals surface area contributed by atoms with Crippen LogP contribution in [0.1, 0.15) is 30.8 Å². The van der Waals surface area contributed by atoms with E-state index in [-0.39, 0.29) is 23.7 Å². The van der Waals surface area contributed by atoms with Gasteiger partial charge in [-0.1, -0.05) is 60.7 Å². The normalized spacial score (nSPS) is 23.1. The minimum Gasteiger partial charge on any atom is -0.473 e. The fourth-order valence-electron chi connectivity index (χ4n) is 4.37. The summed E-state index contributed by atoms with van der Waals surface area (Å²) in [6.45, 7) is 0.660. The Morgan fingerprint density at radius 3 is 2.26 bits per heavy atom. The standard InChI is InChI=1S/C29H31FN3O14P3/c1-20-25(19-42-49(37,38)47-50(39,40)46-48(35,36)32-24-13-6-3-7-14-24)44-29(45-27(43-20)22-11-8-12-23(30)17-22)33-16-15-26(31-28(33)34)41-18-21-9-4-2-5-10-21/h2-17,20,25,27,29H,18-19H2,1H3,(H,37,38)(H,39,40)(H2,32,35,36)/t20-,25-,27?,29-/m1/s1. The molecule has 1 saturated heterocycles. The summed E-state index contributed by atoms with van der Waals surface area (Å²) in [5.41, 5.74) is 0.130. The molecule has 3 aromatic carbocycles. The number of hydrogen-bond acceptors (Lipinski definition) is 12. The molecule has 50 heavy (non-hydrogen) atoms. The van der Waals surface area contributed by atoms with E-state index in [0.29, 0.717) is 0 Å². The van der Waals surface area contributed by atoms with E-state index in [1.165, 1.54) is 61.7 Å². The van der Waals surface area contributed by atoms with E-state index in [1.54, 1.807) is 6.07 Å². The Hall–Kier alpha value is -3.60. The molecule has 0 aliphatic carbocycles. The number of hydrogen-bond donors (Lipinski definition) is 4. The largest absolute Gasteiger partial charge is 0.489 e. The number of rotatable bonds is 14. The molecule has 1 aromatic heterocycles. The highest BCUT2D eigenvalue weighted by atomic mass is 31.3. The third-order valence-electron chi connectivity index (χ3n) is 6.64. The fourth-order valence-corrected chi connectivity index (χ4v) is 8.08. The Labute approximate surface area is 283 Å². The van der Waals surface area contributed by atoms with Crippen LogP contribution < -0.4 is 15.5 Å². The molecule has 21 heteroatoms. The van der Waals surface area contributed by atoms with Crippen molar-refractivity contribution in [1.29, 1.82) is 0 Å². The minimum absolute atomic E-state index is 0.0182. The highest BCUT2D eigenvalue weighted by Crippen LogP contribution is 2.67. The van der Waals surface area contributed by atoms with E-state index in [1.807, 2.05) is 35.4 Å². The smallest absolute Gasteiger partial charge is 0.473 e. The molecule has 0 spiro atoms. The molecule has 4 N–H and O–H groups in total. The Bertz CT molecular complexity index is 1960. The topological polar surface area (TPSA) is 223 Å². The summed E-state index contributed by atoms with van der Waals surface area (Å²) >= 11 is 0. The van der Waals surface area contributed by atoms with Crippen molar-refractivity contribution in [2.24, 2.45) is 0 Å². The van der Waals surface area contributed by atoms with E-state index in [0.717, 1.165) is 16.2 Å². The number of nitrogens with zero attached hydrogens (tertiary/aromatic N) is 2. The van der Waals surface area contributed by atoms with Crippen molar-refractivity contribution in [1.82, 2.24) is 9.55 Å². The number of aromatic nitrogens is 2. The maximum atomic E-state index is 14.1. The number of nitrogens with one attached hydrogen (secondary N) is 1. The molecule has 268 valence electrons. The van der Waals surface area contributed by atoms with E-state index in [9.17, 15) is 37.6 Å². The van der Waals surface area contributed by atoms with Gasteiger partial charge < -0.3 is 33.6 Å². The lowest BCUT2D eigenvalue weighted by Crippen LogP contribution is -2.36. The van der Waals surface area contributed by atoms with Gasteiger partial charge in [-0.2, -0.15) is 13.6 Å². The van der Waals surface area contributed by atoms with Crippen molar-refractivity contribution >= 4 is 29.1 Å². The van der Waals surface area contributed by atoms with Crippen LogP contribution in [0, 0.1) is 5.82 Å². The second-order valence-electron chi connectivity index (χ2n) is 10.5. The SMILES string of the molecule is C[C@H]1OC(c2cccc(F)c2)O[C@H](n2ccc(OCc3ccccc3)nc2=O)O[C@@H]1COP(=O)(O)OP(=O)(O)OP(=O)(O)Nc1ccccc1. The molecule has 0 bridgehead atoms. The molecule has 1 aliphatic rings. The number of ether oxygens (including phenoxy) is 4. The van der Waals surface area contributed by atoms with Gasteiger partial charge in [-0.15, -0.1) is 0 Å². The maximum absolute atomic E-state index is 14.1. The second-order valence-corrected chi connectivity index (χ2v) is 15.2. The summed E-state index contributed by atoms with van der Waals surface area (Å²) in [5, 5.41) is 1.97. The van der Waals surface area contributed by atoms with Crippen molar-refractivity contribution in [2.45, 2.75) is 38.4 Å². The highest BCUT2D eigenvalue weighted by Gasteiger charge is 2.43. The average molecular weight is 757 g/mol. The first-order valence-electron chi connectivity index (χ1n) is 14.5. The van der Waals surface area contributed by atoms with Gasteiger partial charge in [0.2, 0.25) is 5.88 Å². The van der Waals surface area contributed by atoms with Crippen LogP contribution in [0.3, 0.4) is 0 Å². The summed E-state index contributed by atoms with van der Waals surface area (Å²) in [6, 6.07) is 22.9. The predicted octanol–water partition coefficient (Wildman–Crippen LogP) is 5.40.